The lowest BCUT2D eigenvalue weighted by Crippen LogP contribution is -2.34. The van der Waals surface area contributed by atoms with Crippen LogP contribution in [-0.2, 0) is 0 Å². The number of benzene rings is 2. The van der Waals surface area contributed by atoms with Gasteiger partial charge in [0.15, 0.2) is 5.11 Å². The Bertz CT molecular complexity index is 731. The lowest BCUT2D eigenvalue weighted by Gasteiger charge is -2.10. The van der Waals surface area contributed by atoms with Crippen molar-refractivity contribution < 1.29 is 4.79 Å². The van der Waals surface area contributed by atoms with Crippen molar-refractivity contribution in [3.8, 4) is 0 Å². The summed E-state index contributed by atoms with van der Waals surface area (Å²) >= 11 is 28.5. The topological polar surface area (TPSA) is 41.1 Å². The van der Waals surface area contributed by atoms with Gasteiger partial charge in [0.2, 0.25) is 0 Å². The molecule has 3 nitrogen and oxygen atoms in total. The van der Waals surface area contributed by atoms with Gasteiger partial charge in [0.05, 0.1) is 10.0 Å². The van der Waals surface area contributed by atoms with Crippen LogP contribution >= 0.6 is 58.6 Å². The zero-order valence-electron chi connectivity index (χ0n) is 10.8. The van der Waals surface area contributed by atoms with E-state index in [1.54, 1.807) is 24.3 Å². The van der Waals surface area contributed by atoms with Gasteiger partial charge in [0, 0.05) is 21.3 Å². The summed E-state index contributed by atoms with van der Waals surface area (Å²) in [5.74, 6) is -0.413. The maximum Gasteiger partial charge on any atom is 0.257 e. The Balaban J connectivity index is 2.04. The SMILES string of the molecule is O=C(NC(=S)Nc1cc(Cl)cc(Cl)c1)c1ccc(Cl)c(Cl)c1. The van der Waals surface area contributed by atoms with Gasteiger partial charge in [-0.15, -0.1) is 0 Å². The fourth-order valence-electron chi connectivity index (χ4n) is 1.60. The van der Waals surface area contributed by atoms with Crippen LogP contribution in [-0.4, -0.2) is 11.0 Å². The van der Waals surface area contributed by atoms with Gasteiger partial charge < -0.3 is 5.32 Å². The van der Waals surface area contributed by atoms with Crippen molar-refractivity contribution in [2.45, 2.75) is 0 Å². The second-order valence-corrected chi connectivity index (χ2v) is 6.29. The van der Waals surface area contributed by atoms with Gasteiger partial charge >= 0.3 is 0 Å². The van der Waals surface area contributed by atoms with Gasteiger partial charge in [0.1, 0.15) is 0 Å². The number of nitrogens with one attached hydrogen (secondary N) is 2. The number of anilines is 1. The zero-order chi connectivity index (χ0) is 16.3. The van der Waals surface area contributed by atoms with Crippen molar-refractivity contribution in [1.82, 2.24) is 5.32 Å². The number of rotatable bonds is 2. The zero-order valence-corrected chi connectivity index (χ0v) is 14.6. The van der Waals surface area contributed by atoms with Crippen molar-refractivity contribution in [3.63, 3.8) is 0 Å². The average Bonchev–Trinajstić information content (AvgIpc) is 2.40. The summed E-state index contributed by atoms with van der Waals surface area (Å²) in [6.45, 7) is 0. The summed E-state index contributed by atoms with van der Waals surface area (Å²) in [6.07, 6.45) is 0. The highest BCUT2D eigenvalue weighted by Crippen LogP contribution is 2.23. The van der Waals surface area contributed by atoms with Gasteiger partial charge in [-0.2, -0.15) is 0 Å². The second-order valence-electron chi connectivity index (χ2n) is 4.20. The summed E-state index contributed by atoms with van der Waals surface area (Å²) < 4.78 is 0. The fraction of sp³-hybridized carbons (Fsp3) is 0. The Hall–Kier alpha value is -1.04. The number of carbonyl (C=O) groups excluding carboxylic acids is 1. The van der Waals surface area contributed by atoms with Crippen LogP contribution < -0.4 is 10.6 Å². The average molecular weight is 394 g/mol. The van der Waals surface area contributed by atoms with Crippen molar-refractivity contribution >= 4 is 75.3 Å². The molecule has 0 fully saturated rings. The van der Waals surface area contributed by atoms with E-state index in [-0.39, 0.29) is 10.1 Å². The molecular formula is C14H8Cl4N2OS. The molecule has 2 aromatic carbocycles. The number of carbonyl (C=O) groups is 1. The van der Waals surface area contributed by atoms with E-state index in [1.807, 2.05) is 0 Å². The van der Waals surface area contributed by atoms with Crippen LogP contribution in [0.1, 0.15) is 10.4 Å². The quantitative estimate of drug-likeness (QED) is 0.668. The van der Waals surface area contributed by atoms with Crippen LogP contribution in [0.15, 0.2) is 36.4 Å². The molecule has 0 atom stereocenters. The van der Waals surface area contributed by atoms with Crippen LogP contribution in [0, 0.1) is 0 Å². The van der Waals surface area contributed by atoms with Crippen LogP contribution in [0.4, 0.5) is 5.69 Å². The highest BCUT2D eigenvalue weighted by atomic mass is 35.5. The molecule has 0 saturated heterocycles. The minimum atomic E-state index is -0.413. The third kappa shape index (κ3) is 4.73. The molecule has 114 valence electrons. The number of thiocarbonyl (C=S) groups is 1. The molecule has 0 unspecified atom stereocenters. The Morgan fingerprint density at radius 3 is 2.14 bits per heavy atom. The normalized spacial score (nSPS) is 10.2. The van der Waals surface area contributed by atoms with E-state index < -0.39 is 5.91 Å². The molecule has 0 radical (unpaired) electrons. The molecule has 1 amide bonds. The monoisotopic (exact) mass is 392 g/mol. The van der Waals surface area contributed by atoms with E-state index in [1.165, 1.54) is 12.1 Å². The van der Waals surface area contributed by atoms with Gasteiger partial charge in [-0.3, -0.25) is 10.1 Å². The van der Waals surface area contributed by atoms with Crippen LogP contribution in [0.5, 0.6) is 0 Å². The molecule has 0 aliphatic heterocycles. The van der Waals surface area contributed by atoms with Crippen LogP contribution in [0.3, 0.4) is 0 Å². The number of hydrogen-bond acceptors (Lipinski definition) is 2. The molecule has 0 aliphatic rings. The third-order valence-corrected chi connectivity index (χ3v) is 3.91. The molecule has 2 aromatic rings. The first-order chi connectivity index (χ1) is 10.3. The second kappa shape index (κ2) is 7.49. The van der Waals surface area contributed by atoms with Crippen molar-refractivity contribution in [1.29, 1.82) is 0 Å². The highest BCUT2D eigenvalue weighted by Gasteiger charge is 2.10. The largest absolute Gasteiger partial charge is 0.332 e. The Kier molecular flexibility index (Phi) is 5.89. The Morgan fingerprint density at radius 1 is 0.909 bits per heavy atom. The summed E-state index contributed by atoms with van der Waals surface area (Å²) in [5.41, 5.74) is 0.902. The van der Waals surface area contributed by atoms with E-state index in [4.69, 9.17) is 58.6 Å². The molecule has 2 rings (SSSR count). The van der Waals surface area contributed by atoms with Crippen molar-refractivity contribution in [2.75, 3.05) is 5.32 Å². The minimum Gasteiger partial charge on any atom is -0.332 e. The van der Waals surface area contributed by atoms with E-state index in [0.717, 1.165) is 0 Å². The number of halogens is 4. The van der Waals surface area contributed by atoms with E-state index >= 15 is 0 Å². The summed E-state index contributed by atoms with van der Waals surface area (Å²) in [7, 11) is 0. The predicted molar refractivity (Wildman–Crippen MR) is 96.6 cm³/mol. The molecule has 0 heterocycles. The molecule has 0 spiro atoms. The van der Waals surface area contributed by atoms with Gasteiger partial charge in [-0.05, 0) is 48.6 Å². The summed E-state index contributed by atoms with van der Waals surface area (Å²) in [6, 6.07) is 9.38. The maximum absolute atomic E-state index is 12.1. The summed E-state index contributed by atoms with van der Waals surface area (Å²) in [4.78, 5) is 12.1. The third-order valence-electron chi connectivity index (χ3n) is 2.53. The predicted octanol–water partition coefficient (Wildman–Crippen LogP) is 5.43. The molecule has 8 heteroatoms. The number of hydrogen-bond donors (Lipinski definition) is 2. The van der Waals surface area contributed by atoms with E-state index in [9.17, 15) is 4.79 Å². The lowest BCUT2D eigenvalue weighted by atomic mass is 10.2. The lowest BCUT2D eigenvalue weighted by molar-refractivity contribution is 0.0978. The summed E-state index contributed by atoms with van der Waals surface area (Å²) in [5, 5.41) is 7.01. The van der Waals surface area contributed by atoms with Crippen LogP contribution in [0.2, 0.25) is 20.1 Å². The molecule has 0 saturated carbocycles. The molecule has 0 aliphatic carbocycles. The molecule has 0 aromatic heterocycles. The Morgan fingerprint density at radius 2 is 1.55 bits per heavy atom. The van der Waals surface area contributed by atoms with Crippen molar-refractivity contribution in [2.24, 2.45) is 0 Å². The molecule has 22 heavy (non-hydrogen) atoms. The molecular weight excluding hydrogens is 386 g/mol. The first-order valence-electron chi connectivity index (χ1n) is 5.88. The standard InChI is InChI=1S/C14H8Cl4N2OS/c15-8-4-9(16)6-10(5-8)19-14(22)20-13(21)7-1-2-11(17)12(18)3-7/h1-6H,(H2,19,20,21,22). The van der Waals surface area contributed by atoms with E-state index in [2.05, 4.69) is 10.6 Å². The van der Waals surface area contributed by atoms with E-state index in [0.29, 0.717) is 26.3 Å². The first kappa shape index (κ1) is 17.3. The van der Waals surface area contributed by atoms with Gasteiger partial charge in [0.25, 0.3) is 5.91 Å². The van der Waals surface area contributed by atoms with Gasteiger partial charge in [-0.1, -0.05) is 46.4 Å². The highest BCUT2D eigenvalue weighted by molar-refractivity contribution is 7.80. The van der Waals surface area contributed by atoms with Crippen molar-refractivity contribution in [3.05, 3.63) is 62.1 Å². The maximum atomic E-state index is 12.1. The van der Waals surface area contributed by atoms with Gasteiger partial charge in [-0.25, -0.2) is 0 Å². The fourth-order valence-corrected chi connectivity index (χ4v) is 2.64. The first-order valence-corrected chi connectivity index (χ1v) is 7.80. The molecule has 0 bridgehead atoms. The molecule has 2 N–H and O–H groups in total. The van der Waals surface area contributed by atoms with Crippen LogP contribution in [0.25, 0.3) is 0 Å². The smallest absolute Gasteiger partial charge is 0.257 e. The Labute approximate surface area is 152 Å². The number of amides is 1. The minimum absolute atomic E-state index is 0.106.